The Morgan fingerprint density at radius 2 is 1.84 bits per heavy atom. The summed E-state index contributed by atoms with van der Waals surface area (Å²) in [5.41, 5.74) is 1.62. The molecule has 1 N–H and O–H groups in total. The molecule has 0 spiro atoms. The molecule has 128 valence electrons. The molecule has 3 aromatic rings. The molecule has 2 aromatic heterocycles. The van der Waals surface area contributed by atoms with Gasteiger partial charge in [-0.2, -0.15) is 0 Å². The molecule has 5 heteroatoms. The van der Waals surface area contributed by atoms with Crippen LogP contribution in [0.4, 0.5) is 0 Å². The third kappa shape index (κ3) is 4.53. The van der Waals surface area contributed by atoms with Crippen molar-refractivity contribution in [2.24, 2.45) is 0 Å². The Bertz CT molecular complexity index is 856. The highest BCUT2D eigenvalue weighted by molar-refractivity contribution is 5.97. The maximum atomic E-state index is 12.0. The van der Waals surface area contributed by atoms with Gasteiger partial charge in [-0.05, 0) is 24.6 Å². The van der Waals surface area contributed by atoms with E-state index in [1.165, 1.54) is 0 Å². The van der Waals surface area contributed by atoms with E-state index in [1.807, 2.05) is 42.6 Å². The van der Waals surface area contributed by atoms with Gasteiger partial charge in [0, 0.05) is 49.3 Å². The fourth-order valence-electron chi connectivity index (χ4n) is 2.76. The summed E-state index contributed by atoms with van der Waals surface area (Å²) in [6.07, 6.45) is 5.07. The van der Waals surface area contributed by atoms with E-state index in [4.69, 9.17) is 0 Å². The van der Waals surface area contributed by atoms with Gasteiger partial charge in [-0.3, -0.25) is 9.59 Å². The minimum Gasteiger partial charge on any atom is -0.356 e. The fraction of sp³-hybridized carbons (Fsp3) is 0.250. The Balaban J connectivity index is 1.37. The first-order valence-corrected chi connectivity index (χ1v) is 8.49. The smallest absolute Gasteiger partial charge is 0.220 e. The summed E-state index contributed by atoms with van der Waals surface area (Å²) in [4.78, 5) is 28.2. The summed E-state index contributed by atoms with van der Waals surface area (Å²) < 4.78 is 2.08. The Morgan fingerprint density at radius 1 is 1.00 bits per heavy atom. The molecule has 25 heavy (non-hydrogen) atoms. The molecule has 1 aromatic carbocycles. The van der Waals surface area contributed by atoms with Gasteiger partial charge < -0.3 is 9.88 Å². The van der Waals surface area contributed by atoms with Crippen LogP contribution in [-0.2, 0) is 11.3 Å². The number of nitrogens with one attached hydrogen (secondary N) is 1. The monoisotopic (exact) mass is 335 g/mol. The van der Waals surface area contributed by atoms with Crippen molar-refractivity contribution in [3.8, 4) is 0 Å². The van der Waals surface area contributed by atoms with Gasteiger partial charge in [0.2, 0.25) is 5.91 Å². The lowest BCUT2D eigenvalue weighted by atomic mass is 10.1. The van der Waals surface area contributed by atoms with E-state index >= 15 is 0 Å². The lowest BCUT2D eigenvalue weighted by molar-refractivity contribution is -0.121. The van der Waals surface area contributed by atoms with Crippen molar-refractivity contribution in [3.05, 3.63) is 66.5 Å². The minimum absolute atomic E-state index is 0.000588. The van der Waals surface area contributed by atoms with E-state index in [1.54, 1.807) is 18.3 Å². The molecule has 0 saturated carbocycles. The van der Waals surface area contributed by atoms with E-state index in [9.17, 15) is 9.59 Å². The Labute approximate surface area is 146 Å². The van der Waals surface area contributed by atoms with Crippen LogP contribution >= 0.6 is 0 Å². The van der Waals surface area contributed by atoms with Gasteiger partial charge in [0.1, 0.15) is 5.65 Å². The number of Topliss-reactive ketones (excluding diaryl/α,β-unsaturated/α-hetero) is 1. The molecule has 0 fully saturated rings. The van der Waals surface area contributed by atoms with Gasteiger partial charge in [0.05, 0.1) is 0 Å². The zero-order valence-corrected chi connectivity index (χ0v) is 14.0. The van der Waals surface area contributed by atoms with E-state index in [0.717, 1.165) is 24.0 Å². The first-order chi connectivity index (χ1) is 12.2. The van der Waals surface area contributed by atoms with Crippen molar-refractivity contribution >= 4 is 22.7 Å². The molecule has 2 heterocycles. The minimum atomic E-state index is -0.0835. The maximum absolute atomic E-state index is 12.0. The second kappa shape index (κ2) is 8.24. The highest BCUT2D eigenvalue weighted by Crippen LogP contribution is 2.12. The van der Waals surface area contributed by atoms with Crippen LogP contribution in [0.1, 0.15) is 29.6 Å². The summed E-state index contributed by atoms with van der Waals surface area (Å²) in [7, 11) is 0. The second-order valence-electron chi connectivity index (χ2n) is 5.92. The van der Waals surface area contributed by atoms with E-state index < -0.39 is 0 Å². The number of nitrogens with zero attached hydrogens (tertiary/aromatic N) is 2. The van der Waals surface area contributed by atoms with Gasteiger partial charge in [-0.25, -0.2) is 4.98 Å². The van der Waals surface area contributed by atoms with Crippen molar-refractivity contribution in [2.75, 3.05) is 6.54 Å². The third-order valence-corrected chi connectivity index (χ3v) is 4.10. The molecule has 1 amide bonds. The molecule has 0 aliphatic rings. The van der Waals surface area contributed by atoms with Crippen LogP contribution in [0.15, 0.2) is 60.9 Å². The summed E-state index contributed by atoms with van der Waals surface area (Å²) in [6.45, 7) is 1.38. The first-order valence-electron chi connectivity index (χ1n) is 8.49. The lowest BCUT2D eigenvalue weighted by Gasteiger charge is -2.07. The molecular formula is C20H21N3O2. The van der Waals surface area contributed by atoms with Gasteiger partial charge in [0.15, 0.2) is 5.78 Å². The van der Waals surface area contributed by atoms with Gasteiger partial charge in [-0.15, -0.1) is 0 Å². The number of carbonyl (C=O) groups is 2. The lowest BCUT2D eigenvalue weighted by Crippen LogP contribution is -2.25. The van der Waals surface area contributed by atoms with Crippen molar-refractivity contribution in [3.63, 3.8) is 0 Å². The number of fused-ring (bicyclic) bond motifs is 1. The average molecular weight is 335 g/mol. The van der Waals surface area contributed by atoms with Gasteiger partial charge in [-0.1, -0.05) is 30.3 Å². The number of carbonyl (C=O) groups excluding carboxylic acids is 2. The first kappa shape index (κ1) is 16.9. The van der Waals surface area contributed by atoms with Crippen LogP contribution in [0.2, 0.25) is 0 Å². The molecule has 0 aliphatic carbocycles. The summed E-state index contributed by atoms with van der Waals surface area (Å²) in [5.74, 6) is -0.0830. The summed E-state index contributed by atoms with van der Waals surface area (Å²) in [6, 6.07) is 15.1. The molecule has 0 unspecified atom stereocenters. The number of aryl methyl sites for hydroxylation is 1. The number of amides is 1. The van der Waals surface area contributed by atoms with Gasteiger partial charge >= 0.3 is 0 Å². The SMILES string of the molecule is O=C(CCC(=O)c1ccccc1)NCCCn1ccc2cccnc21. The molecule has 0 radical (unpaired) electrons. The number of pyridine rings is 1. The third-order valence-electron chi connectivity index (χ3n) is 4.10. The number of ketones is 1. The molecule has 0 atom stereocenters. The maximum Gasteiger partial charge on any atom is 0.220 e. The van der Waals surface area contributed by atoms with Crippen LogP contribution in [-0.4, -0.2) is 27.8 Å². The van der Waals surface area contributed by atoms with E-state index in [2.05, 4.69) is 14.9 Å². The standard InChI is InChI=1S/C20H21N3O2/c24-18(16-6-2-1-3-7-16)9-10-19(25)21-13-5-14-23-15-11-17-8-4-12-22-20(17)23/h1-4,6-8,11-12,15H,5,9-10,13-14H2,(H,21,25). The molecule has 3 rings (SSSR count). The van der Waals surface area contributed by atoms with Crippen LogP contribution in [0.3, 0.4) is 0 Å². The van der Waals surface area contributed by atoms with Crippen LogP contribution < -0.4 is 5.32 Å². The highest BCUT2D eigenvalue weighted by atomic mass is 16.2. The number of benzene rings is 1. The normalized spacial score (nSPS) is 10.7. The van der Waals surface area contributed by atoms with Crippen LogP contribution in [0, 0.1) is 0 Å². The van der Waals surface area contributed by atoms with Crippen molar-refractivity contribution in [1.29, 1.82) is 0 Å². The summed E-state index contributed by atoms with van der Waals surface area (Å²) in [5, 5.41) is 3.99. The molecule has 0 bridgehead atoms. The number of hydrogen-bond donors (Lipinski definition) is 1. The number of hydrogen-bond acceptors (Lipinski definition) is 3. The zero-order valence-electron chi connectivity index (χ0n) is 14.0. The van der Waals surface area contributed by atoms with Crippen molar-refractivity contribution in [2.45, 2.75) is 25.8 Å². The second-order valence-corrected chi connectivity index (χ2v) is 5.92. The molecule has 5 nitrogen and oxygen atoms in total. The van der Waals surface area contributed by atoms with E-state index in [0.29, 0.717) is 12.1 Å². The molecule has 0 aliphatic heterocycles. The Morgan fingerprint density at radius 3 is 2.68 bits per heavy atom. The Kier molecular flexibility index (Phi) is 5.57. The van der Waals surface area contributed by atoms with Crippen molar-refractivity contribution in [1.82, 2.24) is 14.9 Å². The number of rotatable bonds is 8. The fourth-order valence-corrected chi connectivity index (χ4v) is 2.76. The zero-order chi connectivity index (χ0) is 17.5. The van der Waals surface area contributed by atoms with Gasteiger partial charge in [0.25, 0.3) is 0 Å². The number of aromatic nitrogens is 2. The van der Waals surface area contributed by atoms with Crippen molar-refractivity contribution < 1.29 is 9.59 Å². The summed E-state index contributed by atoms with van der Waals surface area (Å²) >= 11 is 0. The largest absolute Gasteiger partial charge is 0.356 e. The average Bonchev–Trinajstić information content (AvgIpc) is 3.07. The highest BCUT2D eigenvalue weighted by Gasteiger charge is 2.08. The van der Waals surface area contributed by atoms with Crippen LogP contribution in [0.25, 0.3) is 11.0 Å². The predicted octanol–water partition coefficient (Wildman–Crippen LogP) is 3.21. The quantitative estimate of drug-likeness (QED) is 0.508. The predicted molar refractivity (Wildman–Crippen MR) is 97.4 cm³/mol. The van der Waals surface area contributed by atoms with E-state index in [-0.39, 0.29) is 24.5 Å². The topological polar surface area (TPSA) is 64.0 Å². The molecular weight excluding hydrogens is 314 g/mol. The van der Waals surface area contributed by atoms with Crippen LogP contribution in [0.5, 0.6) is 0 Å². The molecule has 0 saturated heterocycles. The Hall–Kier alpha value is -2.95.